The molecule has 2 saturated heterocycles. The lowest BCUT2D eigenvalue weighted by molar-refractivity contribution is -0.163. The fourth-order valence-electron chi connectivity index (χ4n) is 5.37. The van der Waals surface area contributed by atoms with Crippen LogP contribution in [0.4, 0.5) is 5.13 Å². The number of β-lactam (4-membered cyclic amide) rings is 1. The fraction of sp³-hybridized carbons (Fsp3) is 0.636. The summed E-state index contributed by atoms with van der Waals surface area (Å²) in [6, 6.07) is -0.0361. The molecule has 3 N–H and O–H groups in total. The molecule has 0 aromatic carbocycles. The molecular weight excluding hydrogens is 464 g/mol. The minimum absolute atomic E-state index is 0.0676. The Kier molecular flexibility index (Phi) is 5.90. The van der Waals surface area contributed by atoms with E-state index in [1.54, 1.807) is 12.3 Å². The lowest BCUT2D eigenvalue weighted by Gasteiger charge is -2.46. The van der Waals surface area contributed by atoms with Crippen LogP contribution in [0.5, 0.6) is 0 Å². The number of carbonyl (C=O) groups excluding carboxylic acids is 2. The minimum atomic E-state index is -1.10. The highest BCUT2D eigenvalue weighted by atomic mass is 32.2. The van der Waals surface area contributed by atoms with Crippen molar-refractivity contribution < 1.29 is 24.6 Å². The SMILES string of the molecule is C[C@@H](O)[C@H]1C(=O)N2C(C(=O)O)=C(SC3CN(c4nc(C(=O)NC5CCCC5)cs4)C3)[C@H](C)[C@H]12. The maximum absolute atomic E-state index is 12.5. The first kappa shape index (κ1) is 22.7. The van der Waals surface area contributed by atoms with Gasteiger partial charge in [-0.15, -0.1) is 23.1 Å². The lowest BCUT2D eigenvalue weighted by atomic mass is 9.79. The number of fused-ring (bicyclic) bond motifs is 1. The van der Waals surface area contributed by atoms with Crippen LogP contribution in [0.15, 0.2) is 16.0 Å². The van der Waals surface area contributed by atoms with Gasteiger partial charge in [-0.2, -0.15) is 0 Å². The fourth-order valence-corrected chi connectivity index (χ4v) is 7.72. The average molecular weight is 493 g/mol. The zero-order valence-corrected chi connectivity index (χ0v) is 20.2. The zero-order chi connectivity index (χ0) is 23.4. The first-order chi connectivity index (χ1) is 15.8. The molecule has 11 heteroatoms. The smallest absolute Gasteiger partial charge is 0.353 e. The summed E-state index contributed by atoms with van der Waals surface area (Å²) in [6.45, 7) is 4.91. The molecule has 0 unspecified atom stereocenters. The molecule has 33 heavy (non-hydrogen) atoms. The molecule has 1 aliphatic carbocycles. The Hall–Kier alpha value is -2.11. The van der Waals surface area contributed by atoms with E-state index in [9.17, 15) is 24.6 Å². The van der Waals surface area contributed by atoms with Gasteiger partial charge in [0.2, 0.25) is 5.91 Å². The van der Waals surface area contributed by atoms with Crippen LogP contribution in [-0.4, -0.2) is 74.4 Å². The van der Waals surface area contributed by atoms with Crippen molar-refractivity contribution in [1.29, 1.82) is 0 Å². The van der Waals surface area contributed by atoms with Crippen molar-refractivity contribution in [2.45, 2.75) is 63.0 Å². The van der Waals surface area contributed by atoms with Crippen LogP contribution in [0.25, 0.3) is 0 Å². The van der Waals surface area contributed by atoms with E-state index < -0.39 is 18.0 Å². The topological polar surface area (TPSA) is 123 Å². The summed E-state index contributed by atoms with van der Waals surface area (Å²) in [4.78, 5) is 45.5. The number of nitrogens with one attached hydrogen (secondary N) is 1. The Morgan fingerprint density at radius 3 is 2.64 bits per heavy atom. The molecule has 4 atom stereocenters. The second-order valence-corrected chi connectivity index (χ2v) is 11.6. The van der Waals surface area contributed by atoms with E-state index in [2.05, 4.69) is 15.2 Å². The van der Waals surface area contributed by atoms with Gasteiger partial charge in [0.05, 0.1) is 18.1 Å². The van der Waals surface area contributed by atoms with E-state index in [-0.39, 0.29) is 40.8 Å². The molecule has 0 bridgehead atoms. The van der Waals surface area contributed by atoms with Crippen molar-refractivity contribution in [3.05, 3.63) is 21.7 Å². The number of thioether (sulfide) groups is 1. The molecule has 0 spiro atoms. The number of aliphatic hydroxyl groups excluding tert-OH is 1. The molecule has 2 amide bonds. The van der Waals surface area contributed by atoms with Crippen molar-refractivity contribution in [3.63, 3.8) is 0 Å². The third-order valence-electron chi connectivity index (χ3n) is 7.14. The maximum atomic E-state index is 12.5. The number of anilines is 1. The first-order valence-electron chi connectivity index (χ1n) is 11.4. The number of aromatic nitrogens is 1. The van der Waals surface area contributed by atoms with Crippen molar-refractivity contribution >= 4 is 46.0 Å². The third-order valence-corrected chi connectivity index (χ3v) is 9.49. The molecule has 1 aromatic heterocycles. The monoisotopic (exact) mass is 492 g/mol. The number of carbonyl (C=O) groups is 3. The number of rotatable bonds is 7. The van der Waals surface area contributed by atoms with Crippen LogP contribution in [0, 0.1) is 11.8 Å². The summed E-state index contributed by atoms with van der Waals surface area (Å²) < 4.78 is 0. The van der Waals surface area contributed by atoms with Gasteiger partial charge >= 0.3 is 5.97 Å². The van der Waals surface area contributed by atoms with Crippen molar-refractivity contribution in [2.24, 2.45) is 11.8 Å². The van der Waals surface area contributed by atoms with Gasteiger partial charge in [0.25, 0.3) is 5.91 Å². The van der Waals surface area contributed by atoms with Crippen LogP contribution in [0.1, 0.15) is 50.0 Å². The predicted octanol–water partition coefficient (Wildman–Crippen LogP) is 1.89. The Morgan fingerprint density at radius 1 is 1.30 bits per heavy atom. The van der Waals surface area contributed by atoms with E-state index in [0.717, 1.165) is 30.8 Å². The van der Waals surface area contributed by atoms with Gasteiger partial charge in [-0.1, -0.05) is 19.8 Å². The molecular formula is C22H28N4O5S2. The minimum Gasteiger partial charge on any atom is -0.477 e. The highest BCUT2D eigenvalue weighted by Crippen LogP contribution is 2.52. The van der Waals surface area contributed by atoms with Gasteiger partial charge in [0, 0.05) is 40.6 Å². The Morgan fingerprint density at radius 2 is 2.00 bits per heavy atom. The number of aliphatic hydroxyl groups is 1. The van der Waals surface area contributed by atoms with Gasteiger partial charge in [-0.05, 0) is 19.8 Å². The van der Waals surface area contributed by atoms with E-state index in [0.29, 0.717) is 23.7 Å². The first-order valence-corrected chi connectivity index (χ1v) is 13.2. The normalized spacial score (nSPS) is 28.6. The number of carboxylic acids is 1. The van der Waals surface area contributed by atoms with Crippen LogP contribution in [0.3, 0.4) is 0 Å². The van der Waals surface area contributed by atoms with Crippen LogP contribution < -0.4 is 10.2 Å². The average Bonchev–Trinajstić information content (AvgIpc) is 3.44. The summed E-state index contributed by atoms with van der Waals surface area (Å²) in [5, 5.41) is 25.6. The maximum Gasteiger partial charge on any atom is 0.353 e. The largest absolute Gasteiger partial charge is 0.477 e. The third kappa shape index (κ3) is 3.83. The molecule has 1 saturated carbocycles. The number of nitrogens with zero attached hydrogens (tertiary/aromatic N) is 3. The Balaban J connectivity index is 1.21. The Bertz CT molecular complexity index is 1010. The zero-order valence-electron chi connectivity index (χ0n) is 18.6. The number of amides is 2. The quantitative estimate of drug-likeness (QED) is 0.493. The second-order valence-electron chi connectivity index (χ2n) is 9.39. The van der Waals surface area contributed by atoms with Crippen molar-refractivity contribution in [3.8, 4) is 0 Å². The number of hydrogen-bond donors (Lipinski definition) is 3. The van der Waals surface area contributed by atoms with Crippen LogP contribution in [-0.2, 0) is 9.59 Å². The molecule has 1 aromatic rings. The van der Waals surface area contributed by atoms with Gasteiger partial charge in [-0.3, -0.25) is 9.59 Å². The molecule has 3 aliphatic heterocycles. The number of hydrogen-bond acceptors (Lipinski definition) is 8. The molecule has 0 radical (unpaired) electrons. The lowest BCUT2D eigenvalue weighted by Crippen LogP contribution is -2.63. The summed E-state index contributed by atoms with van der Waals surface area (Å²) in [5.74, 6) is -2.20. The van der Waals surface area contributed by atoms with Crippen LogP contribution >= 0.6 is 23.1 Å². The molecule has 4 heterocycles. The highest BCUT2D eigenvalue weighted by Gasteiger charge is 2.60. The molecule has 178 valence electrons. The Labute approximate surface area is 200 Å². The predicted molar refractivity (Wildman–Crippen MR) is 125 cm³/mol. The van der Waals surface area contributed by atoms with Gasteiger partial charge in [0.1, 0.15) is 11.4 Å². The van der Waals surface area contributed by atoms with E-state index in [1.165, 1.54) is 28.0 Å². The van der Waals surface area contributed by atoms with E-state index in [4.69, 9.17) is 0 Å². The van der Waals surface area contributed by atoms with Crippen molar-refractivity contribution in [1.82, 2.24) is 15.2 Å². The van der Waals surface area contributed by atoms with Gasteiger partial charge in [-0.25, -0.2) is 9.78 Å². The summed E-state index contributed by atoms with van der Waals surface area (Å²) >= 11 is 2.96. The van der Waals surface area contributed by atoms with Crippen LogP contribution in [0.2, 0.25) is 0 Å². The summed E-state index contributed by atoms with van der Waals surface area (Å²) in [7, 11) is 0. The molecule has 4 aliphatic rings. The highest BCUT2D eigenvalue weighted by molar-refractivity contribution is 8.03. The van der Waals surface area contributed by atoms with Gasteiger partial charge < -0.3 is 25.3 Å². The number of aliphatic carboxylic acids is 1. The molecule has 3 fully saturated rings. The standard InChI is InChI=1S/C22H28N4O5S2/c1-10-16-15(11(2)27)20(29)26(16)17(21(30)31)18(10)33-13-7-25(8-13)22-24-14(9-32-22)19(28)23-12-5-3-4-6-12/h9-13,15-16,27H,3-8H2,1-2H3,(H,23,28)(H,30,31)/t10-,11-,15-,16-/m1/s1. The molecule has 5 rings (SSSR count). The van der Waals surface area contributed by atoms with Crippen molar-refractivity contribution in [2.75, 3.05) is 18.0 Å². The van der Waals surface area contributed by atoms with E-state index >= 15 is 0 Å². The van der Waals surface area contributed by atoms with E-state index in [1.807, 2.05) is 6.92 Å². The summed E-state index contributed by atoms with van der Waals surface area (Å²) in [6.07, 6.45) is 3.57. The second kappa shape index (κ2) is 8.59. The van der Waals surface area contributed by atoms with Gasteiger partial charge in [0.15, 0.2) is 5.13 Å². The number of thiazole rings is 1. The molecule has 9 nitrogen and oxygen atoms in total. The summed E-state index contributed by atoms with van der Waals surface area (Å²) in [5.41, 5.74) is 0.517. The number of carboxylic acid groups (broad SMARTS) is 1.